The van der Waals surface area contributed by atoms with Crippen LogP contribution in [0.25, 0.3) is 0 Å². The predicted molar refractivity (Wildman–Crippen MR) is 61.0 cm³/mol. The zero-order valence-electron chi connectivity index (χ0n) is 10.3. The maximum Gasteiger partial charge on any atom is 0.309 e. The van der Waals surface area contributed by atoms with Crippen LogP contribution in [0.2, 0.25) is 0 Å². The molecule has 92 valence electrons. The summed E-state index contributed by atoms with van der Waals surface area (Å²) in [7, 11) is 0. The highest BCUT2D eigenvalue weighted by Gasteiger charge is 2.40. The average Bonchev–Trinajstić information content (AvgIpc) is 2.27. The standard InChI is InChI=1S/C12H21NO3/c1-4-12(11(15)16)5-7-13(8-6-12)10(14)9(2)3/h9H,4-8H2,1-3H3,(H,15,16). The van der Waals surface area contributed by atoms with Crippen molar-refractivity contribution >= 4 is 11.9 Å². The van der Waals surface area contributed by atoms with E-state index in [4.69, 9.17) is 0 Å². The molecule has 0 unspecified atom stereocenters. The minimum atomic E-state index is -0.716. The SMILES string of the molecule is CCC1(C(=O)O)CCN(C(=O)C(C)C)CC1. The highest BCUT2D eigenvalue weighted by atomic mass is 16.4. The Morgan fingerprint density at radius 2 is 1.81 bits per heavy atom. The Kier molecular flexibility index (Phi) is 3.94. The first-order valence-electron chi connectivity index (χ1n) is 5.95. The van der Waals surface area contributed by atoms with Crippen LogP contribution in [0, 0.1) is 11.3 Å². The number of carbonyl (C=O) groups is 2. The highest BCUT2D eigenvalue weighted by Crippen LogP contribution is 2.35. The normalized spacial score (nSPS) is 19.9. The van der Waals surface area contributed by atoms with Crippen LogP contribution in [0.3, 0.4) is 0 Å². The summed E-state index contributed by atoms with van der Waals surface area (Å²) in [5.41, 5.74) is -0.603. The quantitative estimate of drug-likeness (QED) is 0.799. The molecule has 0 spiro atoms. The molecule has 0 atom stereocenters. The minimum absolute atomic E-state index is 0.000968. The van der Waals surface area contributed by atoms with Crippen molar-refractivity contribution in [3.05, 3.63) is 0 Å². The smallest absolute Gasteiger partial charge is 0.309 e. The van der Waals surface area contributed by atoms with Gasteiger partial charge in [-0.05, 0) is 19.3 Å². The molecular formula is C12H21NO3. The maximum absolute atomic E-state index is 11.7. The summed E-state index contributed by atoms with van der Waals surface area (Å²) >= 11 is 0. The van der Waals surface area contributed by atoms with Crippen LogP contribution in [0.5, 0.6) is 0 Å². The van der Waals surface area contributed by atoms with Crippen molar-refractivity contribution in [2.45, 2.75) is 40.0 Å². The molecule has 1 aliphatic rings. The summed E-state index contributed by atoms with van der Waals surface area (Å²) in [4.78, 5) is 24.8. The molecular weight excluding hydrogens is 206 g/mol. The summed E-state index contributed by atoms with van der Waals surface area (Å²) in [5.74, 6) is -0.583. The van der Waals surface area contributed by atoms with Crippen LogP contribution < -0.4 is 0 Å². The molecule has 16 heavy (non-hydrogen) atoms. The molecule has 1 saturated heterocycles. The molecule has 0 aromatic heterocycles. The predicted octanol–water partition coefficient (Wildman–Crippen LogP) is 1.75. The van der Waals surface area contributed by atoms with E-state index in [0.29, 0.717) is 32.4 Å². The van der Waals surface area contributed by atoms with Crippen LogP contribution in [-0.2, 0) is 9.59 Å². The van der Waals surface area contributed by atoms with Gasteiger partial charge in [0.05, 0.1) is 5.41 Å². The second-order valence-electron chi connectivity index (χ2n) is 4.92. The van der Waals surface area contributed by atoms with Crippen molar-refractivity contribution in [1.82, 2.24) is 4.90 Å². The Balaban J connectivity index is 2.63. The van der Waals surface area contributed by atoms with Crippen LogP contribution in [0.15, 0.2) is 0 Å². The molecule has 1 rings (SSSR count). The Morgan fingerprint density at radius 1 is 1.31 bits per heavy atom. The molecule has 1 aliphatic heterocycles. The third kappa shape index (κ3) is 2.36. The van der Waals surface area contributed by atoms with Crippen LogP contribution >= 0.6 is 0 Å². The number of carboxylic acid groups (broad SMARTS) is 1. The third-order valence-electron chi connectivity index (χ3n) is 3.66. The average molecular weight is 227 g/mol. The molecule has 1 heterocycles. The van der Waals surface area contributed by atoms with Gasteiger partial charge in [0.1, 0.15) is 0 Å². The lowest BCUT2D eigenvalue weighted by molar-refractivity contribution is -0.155. The van der Waals surface area contributed by atoms with Crippen molar-refractivity contribution < 1.29 is 14.7 Å². The van der Waals surface area contributed by atoms with Gasteiger partial charge in [0.2, 0.25) is 5.91 Å². The Hall–Kier alpha value is -1.06. The van der Waals surface area contributed by atoms with Gasteiger partial charge in [0, 0.05) is 19.0 Å². The van der Waals surface area contributed by atoms with E-state index in [1.165, 1.54) is 0 Å². The topological polar surface area (TPSA) is 57.6 Å². The first kappa shape index (κ1) is 13.0. The van der Waals surface area contributed by atoms with E-state index in [0.717, 1.165) is 0 Å². The van der Waals surface area contributed by atoms with E-state index in [-0.39, 0.29) is 11.8 Å². The lowest BCUT2D eigenvalue weighted by Crippen LogP contribution is -2.47. The summed E-state index contributed by atoms with van der Waals surface area (Å²) in [6, 6.07) is 0. The number of rotatable bonds is 3. The lowest BCUT2D eigenvalue weighted by atomic mass is 9.76. The highest BCUT2D eigenvalue weighted by molar-refractivity contribution is 5.79. The van der Waals surface area contributed by atoms with E-state index in [9.17, 15) is 14.7 Å². The second-order valence-corrected chi connectivity index (χ2v) is 4.92. The van der Waals surface area contributed by atoms with Gasteiger partial charge >= 0.3 is 5.97 Å². The fourth-order valence-electron chi connectivity index (χ4n) is 2.24. The van der Waals surface area contributed by atoms with Crippen molar-refractivity contribution in [3.63, 3.8) is 0 Å². The van der Waals surface area contributed by atoms with E-state index in [1.807, 2.05) is 20.8 Å². The van der Waals surface area contributed by atoms with Gasteiger partial charge in [-0.25, -0.2) is 0 Å². The second kappa shape index (κ2) is 4.85. The molecule has 0 aliphatic carbocycles. The van der Waals surface area contributed by atoms with Crippen LogP contribution in [0.4, 0.5) is 0 Å². The Morgan fingerprint density at radius 3 is 2.12 bits per heavy atom. The van der Waals surface area contributed by atoms with Gasteiger partial charge < -0.3 is 10.0 Å². The van der Waals surface area contributed by atoms with E-state index < -0.39 is 11.4 Å². The Bertz CT molecular complexity index is 278. The van der Waals surface area contributed by atoms with Crippen molar-refractivity contribution in [2.75, 3.05) is 13.1 Å². The molecule has 4 heteroatoms. The minimum Gasteiger partial charge on any atom is -0.481 e. The molecule has 0 saturated carbocycles. The fraction of sp³-hybridized carbons (Fsp3) is 0.833. The number of carboxylic acids is 1. The number of carbonyl (C=O) groups excluding carboxylic acids is 1. The van der Waals surface area contributed by atoms with E-state index in [2.05, 4.69) is 0 Å². The number of aliphatic carboxylic acids is 1. The number of hydrogen-bond acceptors (Lipinski definition) is 2. The van der Waals surface area contributed by atoms with Gasteiger partial charge in [-0.1, -0.05) is 20.8 Å². The zero-order chi connectivity index (χ0) is 12.3. The van der Waals surface area contributed by atoms with E-state index in [1.54, 1.807) is 4.90 Å². The molecule has 0 bridgehead atoms. The number of piperidine rings is 1. The van der Waals surface area contributed by atoms with Crippen molar-refractivity contribution in [2.24, 2.45) is 11.3 Å². The van der Waals surface area contributed by atoms with Gasteiger partial charge in [0.25, 0.3) is 0 Å². The third-order valence-corrected chi connectivity index (χ3v) is 3.66. The molecule has 1 N–H and O–H groups in total. The summed E-state index contributed by atoms with van der Waals surface area (Å²) in [5, 5.41) is 9.22. The molecule has 1 amide bonds. The maximum atomic E-state index is 11.7. The summed E-state index contributed by atoms with van der Waals surface area (Å²) < 4.78 is 0. The number of amides is 1. The van der Waals surface area contributed by atoms with Gasteiger partial charge in [-0.15, -0.1) is 0 Å². The number of hydrogen-bond donors (Lipinski definition) is 1. The molecule has 0 aromatic carbocycles. The van der Waals surface area contributed by atoms with Crippen molar-refractivity contribution in [3.8, 4) is 0 Å². The number of likely N-dealkylation sites (tertiary alicyclic amines) is 1. The van der Waals surface area contributed by atoms with E-state index >= 15 is 0 Å². The van der Waals surface area contributed by atoms with Crippen LogP contribution in [-0.4, -0.2) is 35.0 Å². The fourth-order valence-corrected chi connectivity index (χ4v) is 2.24. The summed E-state index contributed by atoms with van der Waals surface area (Å²) in [6.45, 7) is 6.82. The van der Waals surface area contributed by atoms with Gasteiger partial charge in [-0.3, -0.25) is 9.59 Å². The number of nitrogens with zero attached hydrogens (tertiary/aromatic N) is 1. The van der Waals surface area contributed by atoms with Gasteiger partial charge in [0.15, 0.2) is 0 Å². The lowest BCUT2D eigenvalue weighted by Gasteiger charge is -2.38. The first-order valence-corrected chi connectivity index (χ1v) is 5.95. The molecule has 4 nitrogen and oxygen atoms in total. The molecule has 0 aromatic rings. The van der Waals surface area contributed by atoms with Gasteiger partial charge in [-0.2, -0.15) is 0 Å². The summed E-state index contributed by atoms with van der Waals surface area (Å²) in [6.07, 6.45) is 1.81. The Labute approximate surface area is 96.6 Å². The zero-order valence-corrected chi connectivity index (χ0v) is 10.3. The van der Waals surface area contributed by atoms with Crippen molar-refractivity contribution in [1.29, 1.82) is 0 Å². The monoisotopic (exact) mass is 227 g/mol. The molecule has 1 fully saturated rings. The van der Waals surface area contributed by atoms with Crippen LogP contribution in [0.1, 0.15) is 40.0 Å². The molecule has 0 radical (unpaired) electrons. The first-order chi connectivity index (χ1) is 7.43. The largest absolute Gasteiger partial charge is 0.481 e.